The van der Waals surface area contributed by atoms with Gasteiger partial charge in [-0.1, -0.05) is 72.0 Å². The molecule has 0 spiro atoms. The molecule has 0 bridgehead atoms. The van der Waals surface area contributed by atoms with Crippen molar-refractivity contribution in [3.05, 3.63) is 127 Å². The molecule has 1 aromatic heterocycles. The van der Waals surface area contributed by atoms with E-state index < -0.39 is 12.7 Å². The van der Waals surface area contributed by atoms with Gasteiger partial charge in [0.25, 0.3) is 11.5 Å². The summed E-state index contributed by atoms with van der Waals surface area (Å²) in [5.41, 5.74) is 3.61. The number of amides is 1. The summed E-state index contributed by atoms with van der Waals surface area (Å²) in [6, 6.07) is 22.2. The molecule has 0 saturated heterocycles. The number of nitrogens with zero attached hydrogens (tertiary/aromatic N) is 2. The number of rotatable bonds is 6. The number of hydrogen-bond acceptors (Lipinski definition) is 5. The molecule has 6 nitrogen and oxygen atoms in total. The lowest BCUT2D eigenvalue weighted by molar-refractivity contribution is -0.113. The number of nitrogens with one attached hydrogen (secondary N) is 1. The zero-order valence-corrected chi connectivity index (χ0v) is 21.3. The maximum atomic E-state index is 13.7. The fourth-order valence-electron chi connectivity index (χ4n) is 4.36. The van der Waals surface area contributed by atoms with E-state index >= 15 is 0 Å². The van der Waals surface area contributed by atoms with Crippen molar-refractivity contribution < 1.29 is 18.3 Å². The Labute approximate surface area is 220 Å². The Kier molecular flexibility index (Phi) is 7.02. The zero-order valence-electron chi connectivity index (χ0n) is 20.5. The first-order valence-corrected chi connectivity index (χ1v) is 12.6. The number of anilines is 1. The van der Waals surface area contributed by atoms with Crippen LogP contribution < -0.4 is 24.9 Å². The van der Waals surface area contributed by atoms with E-state index in [9.17, 15) is 18.4 Å². The van der Waals surface area contributed by atoms with Crippen LogP contribution >= 0.6 is 11.3 Å². The quantitative estimate of drug-likeness (QED) is 0.389. The van der Waals surface area contributed by atoms with Crippen molar-refractivity contribution in [2.75, 3.05) is 5.32 Å². The SMILES string of the molecule is CC1=C(C(=O)Nc2ccccc2C)[C@@H](c2ccccc2)n2c(s/c(=C/c3ccc(OC(F)F)cc3)c2=O)=N1. The number of aryl methyl sites for hydroxylation is 1. The first-order chi connectivity index (χ1) is 18.3. The van der Waals surface area contributed by atoms with E-state index in [1.165, 1.54) is 23.5 Å². The molecule has 1 aliphatic rings. The molecule has 4 aromatic rings. The van der Waals surface area contributed by atoms with Crippen LogP contribution in [0.2, 0.25) is 0 Å². The van der Waals surface area contributed by atoms with Gasteiger partial charge < -0.3 is 10.1 Å². The third-order valence-electron chi connectivity index (χ3n) is 6.18. The van der Waals surface area contributed by atoms with E-state index in [2.05, 4.69) is 15.0 Å². The second-order valence-corrected chi connectivity index (χ2v) is 9.72. The molecule has 1 aliphatic heterocycles. The summed E-state index contributed by atoms with van der Waals surface area (Å²) < 4.78 is 31.3. The fourth-order valence-corrected chi connectivity index (χ4v) is 5.41. The number of fused-ring (bicyclic) bond motifs is 1. The highest BCUT2D eigenvalue weighted by Crippen LogP contribution is 2.31. The first kappa shape index (κ1) is 25.3. The average Bonchev–Trinajstić information content (AvgIpc) is 3.20. The summed E-state index contributed by atoms with van der Waals surface area (Å²) in [6.07, 6.45) is 1.67. The summed E-state index contributed by atoms with van der Waals surface area (Å²) in [7, 11) is 0. The Morgan fingerprint density at radius 3 is 2.39 bits per heavy atom. The maximum Gasteiger partial charge on any atom is 0.387 e. The number of para-hydroxylation sites is 1. The van der Waals surface area contributed by atoms with Gasteiger partial charge in [0, 0.05) is 5.69 Å². The summed E-state index contributed by atoms with van der Waals surface area (Å²) in [5, 5.41) is 2.98. The van der Waals surface area contributed by atoms with Crippen LogP contribution in [0.5, 0.6) is 5.75 Å². The lowest BCUT2D eigenvalue weighted by Gasteiger charge is -2.25. The molecule has 38 heavy (non-hydrogen) atoms. The molecule has 192 valence electrons. The third kappa shape index (κ3) is 5.05. The zero-order chi connectivity index (χ0) is 26.8. The number of ether oxygens (including phenoxy) is 1. The molecule has 1 atom stereocenters. The molecular formula is C29H23F2N3O3S. The molecule has 1 N–H and O–H groups in total. The van der Waals surface area contributed by atoms with Gasteiger partial charge in [-0.05, 0) is 54.8 Å². The molecule has 0 fully saturated rings. The van der Waals surface area contributed by atoms with Crippen molar-refractivity contribution in [1.82, 2.24) is 4.57 Å². The number of halogens is 2. The van der Waals surface area contributed by atoms with Crippen LogP contribution in [0.15, 0.2) is 99.9 Å². The van der Waals surface area contributed by atoms with Gasteiger partial charge in [0.2, 0.25) is 0 Å². The lowest BCUT2D eigenvalue weighted by atomic mass is 9.95. The number of carbonyl (C=O) groups excluding carboxylic acids is 1. The fraction of sp³-hybridized carbons (Fsp3) is 0.138. The van der Waals surface area contributed by atoms with E-state index in [-0.39, 0.29) is 17.2 Å². The van der Waals surface area contributed by atoms with Crippen molar-refractivity contribution in [2.24, 2.45) is 4.99 Å². The summed E-state index contributed by atoms with van der Waals surface area (Å²) in [4.78, 5) is 32.4. The summed E-state index contributed by atoms with van der Waals surface area (Å²) in [6.45, 7) is 0.761. The van der Waals surface area contributed by atoms with Crippen molar-refractivity contribution in [3.63, 3.8) is 0 Å². The number of aromatic nitrogens is 1. The molecule has 5 rings (SSSR count). The van der Waals surface area contributed by atoms with Gasteiger partial charge in [0.1, 0.15) is 5.75 Å². The standard InChI is InChI=1S/C29H23F2N3O3S/c1-17-8-6-7-11-22(17)33-26(35)24-18(2)32-29-34(25(24)20-9-4-3-5-10-20)27(36)23(38-29)16-19-12-14-21(15-13-19)37-28(30)31/h3-16,25,28H,1-2H3,(H,33,35)/b23-16+/t25-/m1/s1. The van der Waals surface area contributed by atoms with Crippen molar-refractivity contribution in [3.8, 4) is 5.75 Å². The predicted octanol–water partition coefficient (Wildman–Crippen LogP) is 4.78. The molecule has 0 aliphatic carbocycles. The van der Waals surface area contributed by atoms with Crippen LogP contribution in [0, 0.1) is 6.92 Å². The van der Waals surface area contributed by atoms with E-state index in [0.29, 0.717) is 31.9 Å². The summed E-state index contributed by atoms with van der Waals surface area (Å²) in [5.74, 6) is -0.305. The van der Waals surface area contributed by atoms with E-state index in [1.807, 2.05) is 61.5 Å². The average molecular weight is 532 g/mol. The van der Waals surface area contributed by atoms with Crippen molar-refractivity contribution in [2.45, 2.75) is 26.5 Å². The van der Waals surface area contributed by atoms with Gasteiger partial charge in [-0.25, -0.2) is 4.99 Å². The lowest BCUT2D eigenvalue weighted by Crippen LogP contribution is -2.40. The van der Waals surface area contributed by atoms with Gasteiger partial charge in [0.05, 0.1) is 21.8 Å². The monoisotopic (exact) mass is 531 g/mol. The number of allylic oxidation sites excluding steroid dienone is 1. The first-order valence-electron chi connectivity index (χ1n) is 11.8. The Balaban J connectivity index is 1.60. The molecule has 3 aromatic carbocycles. The Bertz CT molecular complexity index is 1710. The van der Waals surface area contributed by atoms with Gasteiger partial charge in [0.15, 0.2) is 4.80 Å². The predicted molar refractivity (Wildman–Crippen MR) is 143 cm³/mol. The number of benzene rings is 3. The number of carbonyl (C=O) groups is 1. The highest BCUT2D eigenvalue weighted by atomic mass is 32.1. The Morgan fingerprint density at radius 2 is 1.71 bits per heavy atom. The molecule has 0 unspecified atom stereocenters. The number of thiazole rings is 1. The van der Waals surface area contributed by atoms with Gasteiger partial charge >= 0.3 is 6.61 Å². The maximum absolute atomic E-state index is 13.7. The minimum absolute atomic E-state index is 0.0302. The van der Waals surface area contributed by atoms with Crippen LogP contribution in [0.4, 0.5) is 14.5 Å². The van der Waals surface area contributed by atoms with E-state index in [4.69, 9.17) is 0 Å². The molecule has 0 radical (unpaired) electrons. The number of hydrogen-bond donors (Lipinski definition) is 1. The molecule has 2 heterocycles. The molecule has 1 amide bonds. The second kappa shape index (κ2) is 10.5. The van der Waals surface area contributed by atoms with Gasteiger partial charge in [-0.3, -0.25) is 14.2 Å². The van der Waals surface area contributed by atoms with E-state index in [1.54, 1.807) is 29.7 Å². The van der Waals surface area contributed by atoms with Crippen molar-refractivity contribution >= 4 is 29.0 Å². The van der Waals surface area contributed by atoms with Crippen LogP contribution in [0.1, 0.15) is 29.7 Å². The smallest absolute Gasteiger partial charge is 0.387 e. The Morgan fingerprint density at radius 1 is 1.03 bits per heavy atom. The number of alkyl halides is 2. The normalized spacial score (nSPS) is 15.3. The highest BCUT2D eigenvalue weighted by molar-refractivity contribution is 7.07. The van der Waals surface area contributed by atoms with Crippen LogP contribution in [0.25, 0.3) is 6.08 Å². The minimum Gasteiger partial charge on any atom is -0.435 e. The Hall–Kier alpha value is -4.37. The molecule has 9 heteroatoms. The van der Waals surface area contributed by atoms with Crippen LogP contribution in [-0.4, -0.2) is 17.1 Å². The highest BCUT2D eigenvalue weighted by Gasteiger charge is 2.32. The second-order valence-electron chi connectivity index (χ2n) is 8.71. The molecule has 0 saturated carbocycles. The largest absolute Gasteiger partial charge is 0.435 e. The third-order valence-corrected chi connectivity index (χ3v) is 7.16. The van der Waals surface area contributed by atoms with Gasteiger partial charge in [-0.15, -0.1) is 0 Å². The van der Waals surface area contributed by atoms with Crippen LogP contribution in [0.3, 0.4) is 0 Å². The minimum atomic E-state index is -2.91. The molecular weight excluding hydrogens is 508 g/mol. The van der Waals surface area contributed by atoms with Gasteiger partial charge in [-0.2, -0.15) is 8.78 Å². The van der Waals surface area contributed by atoms with Crippen LogP contribution in [-0.2, 0) is 4.79 Å². The van der Waals surface area contributed by atoms with E-state index in [0.717, 1.165) is 11.1 Å². The topological polar surface area (TPSA) is 72.7 Å². The van der Waals surface area contributed by atoms with Crippen molar-refractivity contribution in [1.29, 1.82) is 0 Å². The summed E-state index contributed by atoms with van der Waals surface area (Å²) >= 11 is 1.21.